The van der Waals surface area contributed by atoms with Crippen LogP contribution >= 0.6 is 11.6 Å². The van der Waals surface area contributed by atoms with Gasteiger partial charge in [0.1, 0.15) is 18.1 Å². The van der Waals surface area contributed by atoms with E-state index in [1.807, 2.05) is 18.2 Å². The summed E-state index contributed by atoms with van der Waals surface area (Å²) in [5.41, 5.74) is 3.87. The van der Waals surface area contributed by atoms with Gasteiger partial charge in [-0.1, -0.05) is 23.7 Å². The van der Waals surface area contributed by atoms with E-state index in [2.05, 4.69) is 15.8 Å². The molecule has 7 nitrogen and oxygen atoms in total. The van der Waals surface area contributed by atoms with Gasteiger partial charge in [0.25, 0.3) is 0 Å². The third kappa shape index (κ3) is 6.51. The van der Waals surface area contributed by atoms with E-state index in [0.717, 1.165) is 11.1 Å². The van der Waals surface area contributed by atoms with Crippen molar-refractivity contribution in [1.29, 1.82) is 0 Å². The van der Waals surface area contributed by atoms with Crippen molar-refractivity contribution in [2.75, 3.05) is 0 Å². The first-order valence-corrected chi connectivity index (χ1v) is 9.09. The zero-order valence-electron chi connectivity index (χ0n) is 15.3. The normalized spacial score (nSPS) is 10.7. The van der Waals surface area contributed by atoms with Gasteiger partial charge in [-0.15, -0.1) is 0 Å². The Labute approximate surface area is 172 Å². The first-order chi connectivity index (χ1) is 14.1. The monoisotopic (exact) mass is 411 g/mol. The van der Waals surface area contributed by atoms with Gasteiger partial charge < -0.3 is 14.5 Å². The number of hydrogen-bond acceptors (Lipinski definition) is 5. The first kappa shape index (κ1) is 20.2. The zero-order chi connectivity index (χ0) is 20.5. The molecule has 0 fully saturated rings. The van der Waals surface area contributed by atoms with Crippen LogP contribution in [0.3, 0.4) is 0 Å². The lowest BCUT2D eigenvalue weighted by atomic mass is 10.2. The van der Waals surface area contributed by atoms with Gasteiger partial charge in [-0.3, -0.25) is 9.59 Å². The van der Waals surface area contributed by atoms with Crippen LogP contribution in [0.2, 0.25) is 5.02 Å². The maximum atomic E-state index is 11.7. The number of rotatable bonds is 7. The topological polar surface area (TPSA) is 92.9 Å². The Morgan fingerprint density at radius 2 is 1.90 bits per heavy atom. The van der Waals surface area contributed by atoms with Crippen molar-refractivity contribution in [3.8, 4) is 5.75 Å². The molecular formula is C21H18ClN3O4. The van der Waals surface area contributed by atoms with Crippen molar-refractivity contribution in [3.63, 3.8) is 0 Å². The minimum absolute atomic E-state index is 0.125. The summed E-state index contributed by atoms with van der Waals surface area (Å²) >= 11 is 5.95. The maximum Gasteiger partial charge on any atom is 0.329 e. The molecule has 3 rings (SSSR count). The van der Waals surface area contributed by atoms with Gasteiger partial charge in [0, 0.05) is 5.02 Å². The Bertz CT molecular complexity index is 985. The van der Waals surface area contributed by atoms with Gasteiger partial charge in [-0.25, -0.2) is 5.43 Å². The summed E-state index contributed by atoms with van der Waals surface area (Å²) in [7, 11) is 0. The maximum absolute atomic E-state index is 11.7. The first-order valence-electron chi connectivity index (χ1n) is 8.71. The quantitative estimate of drug-likeness (QED) is 0.354. The van der Waals surface area contributed by atoms with Crippen molar-refractivity contribution in [3.05, 3.63) is 88.8 Å². The van der Waals surface area contributed by atoms with Gasteiger partial charge in [-0.05, 0) is 59.7 Å². The average Bonchev–Trinajstić information content (AvgIpc) is 3.25. The molecule has 0 bridgehead atoms. The molecule has 8 heteroatoms. The molecule has 1 aromatic heterocycles. The van der Waals surface area contributed by atoms with E-state index >= 15 is 0 Å². The second-order valence-electron chi connectivity index (χ2n) is 5.95. The van der Waals surface area contributed by atoms with E-state index in [-0.39, 0.29) is 6.54 Å². The summed E-state index contributed by atoms with van der Waals surface area (Å²) in [6.07, 6.45) is 2.91. The van der Waals surface area contributed by atoms with Crippen LogP contribution in [0.1, 0.15) is 16.9 Å². The number of amides is 2. The van der Waals surface area contributed by atoms with Crippen LogP contribution in [0.4, 0.5) is 0 Å². The molecule has 3 aromatic rings. The van der Waals surface area contributed by atoms with Crippen molar-refractivity contribution >= 4 is 29.6 Å². The third-order valence-corrected chi connectivity index (χ3v) is 4.00. The molecule has 0 aliphatic heterocycles. The van der Waals surface area contributed by atoms with E-state index in [9.17, 15) is 9.59 Å². The predicted molar refractivity (Wildman–Crippen MR) is 109 cm³/mol. The van der Waals surface area contributed by atoms with E-state index in [0.29, 0.717) is 23.1 Å². The number of nitrogens with one attached hydrogen (secondary N) is 2. The number of furan rings is 1. The highest BCUT2D eigenvalue weighted by atomic mass is 35.5. The van der Waals surface area contributed by atoms with E-state index in [4.69, 9.17) is 20.8 Å². The van der Waals surface area contributed by atoms with E-state index in [1.165, 1.54) is 12.5 Å². The lowest BCUT2D eigenvalue weighted by Gasteiger charge is -2.06. The minimum Gasteiger partial charge on any atom is -0.489 e. The molecule has 0 aliphatic carbocycles. The van der Waals surface area contributed by atoms with Gasteiger partial charge in [-0.2, -0.15) is 5.10 Å². The smallest absolute Gasteiger partial charge is 0.329 e. The summed E-state index contributed by atoms with van der Waals surface area (Å²) in [5, 5.41) is 6.87. The second-order valence-corrected chi connectivity index (χ2v) is 6.39. The van der Waals surface area contributed by atoms with E-state index in [1.54, 1.807) is 42.5 Å². The number of ether oxygens (including phenoxy) is 1. The Morgan fingerprint density at radius 3 is 2.62 bits per heavy atom. The molecule has 0 unspecified atom stereocenters. The fourth-order valence-corrected chi connectivity index (χ4v) is 2.53. The summed E-state index contributed by atoms with van der Waals surface area (Å²) < 4.78 is 10.8. The van der Waals surface area contributed by atoms with Crippen LogP contribution in [-0.4, -0.2) is 18.0 Å². The predicted octanol–water partition coefficient (Wildman–Crippen LogP) is 3.28. The zero-order valence-corrected chi connectivity index (χ0v) is 16.1. The second kappa shape index (κ2) is 10.1. The van der Waals surface area contributed by atoms with Gasteiger partial charge in [0.2, 0.25) is 0 Å². The number of hydrazone groups is 1. The van der Waals surface area contributed by atoms with Crippen LogP contribution in [0.25, 0.3) is 0 Å². The van der Waals surface area contributed by atoms with Crippen molar-refractivity contribution in [2.24, 2.45) is 5.10 Å². The van der Waals surface area contributed by atoms with Gasteiger partial charge >= 0.3 is 11.8 Å². The fraction of sp³-hybridized carbons (Fsp3) is 0.0952. The average molecular weight is 412 g/mol. The molecule has 1 heterocycles. The molecule has 0 aliphatic rings. The van der Waals surface area contributed by atoms with Crippen LogP contribution in [0.5, 0.6) is 5.75 Å². The highest BCUT2D eigenvalue weighted by Crippen LogP contribution is 2.15. The Morgan fingerprint density at radius 1 is 1.07 bits per heavy atom. The molecule has 2 N–H and O–H groups in total. The van der Waals surface area contributed by atoms with Gasteiger partial charge in [0.15, 0.2) is 0 Å². The Balaban J connectivity index is 1.43. The Kier molecular flexibility index (Phi) is 7.02. The molecule has 0 saturated heterocycles. The molecule has 2 amide bonds. The highest BCUT2D eigenvalue weighted by molar-refractivity contribution is 6.35. The standard InChI is InChI=1S/C21H18ClN3O4/c22-17-4-1-3-16(11-17)14-29-18-8-6-15(7-9-18)12-24-25-21(27)20(26)23-13-19-5-2-10-28-19/h1-12H,13-14H2,(H,23,26)(H,25,27)/b24-12-. The molecular weight excluding hydrogens is 394 g/mol. The van der Waals surface area contributed by atoms with Crippen LogP contribution < -0.4 is 15.5 Å². The number of halogens is 1. The molecule has 0 saturated carbocycles. The van der Waals surface area contributed by atoms with Crippen LogP contribution in [0.15, 0.2) is 76.4 Å². The largest absolute Gasteiger partial charge is 0.489 e. The van der Waals surface area contributed by atoms with E-state index < -0.39 is 11.8 Å². The minimum atomic E-state index is -0.866. The summed E-state index contributed by atoms with van der Waals surface area (Å²) in [4.78, 5) is 23.4. The number of carbonyl (C=O) groups excluding carboxylic acids is 2. The SMILES string of the molecule is O=C(NCc1ccco1)C(=O)N/N=C\c1ccc(OCc2cccc(Cl)c2)cc1. The Hall–Kier alpha value is -3.58. The van der Waals surface area contributed by atoms with Crippen molar-refractivity contribution < 1.29 is 18.7 Å². The lowest BCUT2D eigenvalue weighted by molar-refractivity contribution is -0.139. The number of carbonyl (C=O) groups is 2. The fourth-order valence-electron chi connectivity index (χ4n) is 2.32. The number of nitrogens with zero attached hydrogens (tertiary/aromatic N) is 1. The molecule has 148 valence electrons. The molecule has 0 radical (unpaired) electrons. The summed E-state index contributed by atoms with van der Waals surface area (Å²) in [5.74, 6) is -0.437. The number of benzene rings is 2. The molecule has 2 aromatic carbocycles. The van der Waals surface area contributed by atoms with Crippen LogP contribution in [0, 0.1) is 0 Å². The third-order valence-electron chi connectivity index (χ3n) is 3.76. The highest BCUT2D eigenvalue weighted by Gasteiger charge is 2.12. The summed E-state index contributed by atoms with van der Waals surface area (Å²) in [6.45, 7) is 0.525. The summed E-state index contributed by atoms with van der Waals surface area (Å²) in [6, 6.07) is 18.0. The van der Waals surface area contributed by atoms with Crippen LogP contribution in [-0.2, 0) is 22.7 Å². The molecule has 0 spiro atoms. The molecule has 29 heavy (non-hydrogen) atoms. The van der Waals surface area contributed by atoms with Crippen molar-refractivity contribution in [2.45, 2.75) is 13.2 Å². The lowest BCUT2D eigenvalue weighted by Crippen LogP contribution is -2.37. The van der Waals surface area contributed by atoms with Gasteiger partial charge in [0.05, 0.1) is 19.0 Å². The number of hydrogen-bond donors (Lipinski definition) is 2. The molecule has 0 atom stereocenters. The van der Waals surface area contributed by atoms with Crippen molar-refractivity contribution in [1.82, 2.24) is 10.7 Å².